The average molecular weight is 223 g/mol. The molecule has 0 amide bonds. The van der Waals surface area contributed by atoms with E-state index in [0.29, 0.717) is 6.04 Å². The van der Waals surface area contributed by atoms with Crippen LogP contribution in [0.5, 0.6) is 0 Å². The van der Waals surface area contributed by atoms with Gasteiger partial charge >= 0.3 is 0 Å². The predicted octanol–water partition coefficient (Wildman–Crippen LogP) is 0.479. The highest BCUT2D eigenvalue weighted by Gasteiger charge is 2.41. The lowest BCUT2D eigenvalue weighted by Gasteiger charge is -2.40. The van der Waals surface area contributed by atoms with Gasteiger partial charge < -0.3 is 10.0 Å². The number of nitriles is 1. The van der Waals surface area contributed by atoms with Crippen molar-refractivity contribution in [2.24, 2.45) is 0 Å². The van der Waals surface area contributed by atoms with Gasteiger partial charge in [-0.25, -0.2) is 0 Å². The van der Waals surface area contributed by atoms with E-state index in [-0.39, 0.29) is 12.1 Å². The summed E-state index contributed by atoms with van der Waals surface area (Å²) >= 11 is 0. The van der Waals surface area contributed by atoms with E-state index in [9.17, 15) is 5.26 Å². The highest BCUT2D eigenvalue weighted by Crippen LogP contribution is 2.32. The molecule has 16 heavy (non-hydrogen) atoms. The summed E-state index contributed by atoms with van der Waals surface area (Å²) in [7, 11) is 0. The Morgan fingerprint density at radius 3 is 3.12 bits per heavy atom. The molecule has 2 atom stereocenters. The number of aliphatic hydroxyl groups is 1. The number of hydrogen-bond donors (Lipinski definition) is 2. The molecular weight excluding hydrogens is 202 g/mol. The summed E-state index contributed by atoms with van der Waals surface area (Å²) in [6, 6.07) is 3.08. The second kappa shape index (κ2) is 5.13. The molecule has 2 N–H and O–H groups in total. The van der Waals surface area contributed by atoms with Gasteiger partial charge in [0.05, 0.1) is 6.07 Å². The minimum Gasteiger partial charge on any atom is -0.396 e. The van der Waals surface area contributed by atoms with E-state index < -0.39 is 0 Å². The van der Waals surface area contributed by atoms with Crippen molar-refractivity contribution >= 4 is 0 Å². The van der Waals surface area contributed by atoms with Crippen LogP contribution in [0.1, 0.15) is 32.1 Å². The summed E-state index contributed by atoms with van der Waals surface area (Å²) in [5.41, 5.74) is -0.333. The zero-order chi connectivity index (χ0) is 11.4. The van der Waals surface area contributed by atoms with Crippen LogP contribution in [0.25, 0.3) is 0 Å². The molecule has 0 spiro atoms. The number of fused-ring (bicyclic) bond motifs is 1. The quantitative estimate of drug-likeness (QED) is 0.681. The molecule has 0 aromatic rings. The van der Waals surface area contributed by atoms with Gasteiger partial charge in [0, 0.05) is 19.2 Å². The standard InChI is InChI=1S/C12H21N3O/c13-10-12(14-5-2-8-16)4-7-15-6-1-3-11(15)9-12/h11,14,16H,1-9H2. The van der Waals surface area contributed by atoms with Crippen LogP contribution in [-0.2, 0) is 0 Å². The summed E-state index contributed by atoms with van der Waals surface area (Å²) in [5, 5.41) is 21.5. The summed E-state index contributed by atoms with van der Waals surface area (Å²) in [6.07, 6.45) is 5.13. The van der Waals surface area contributed by atoms with Crippen LogP contribution in [0, 0.1) is 11.3 Å². The van der Waals surface area contributed by atoms with E-state index in [1.54, 1.807) is 0 Å². The highest BCUT2D eigenvalue weighted by atomic mass is 16.3. The maximum absolute atomic E-state index is 9.37. The molecule has 2 rings (SSSR count). The molecular formula is C12H21N3O. The SMILES string of the molecule is N#CC1(NCCCO)CCN2CCCC2C1. The van der Waals surface area contributed by atoms with Gasteiger partial charge in [-0.05, 0) is 45.2 Å². The molecule has 90 valence electrons. The van der Waals surface area contributed by atoms with E-state index in [0.717, 1.165) is 32.4 Å². The average Bonchev–Trinajstić information content (AvgIpc) is 2.76. The molecule has 0 aliphatic carbocycles. The normalized spacial score (nSPS) is 34.6. The fraction of sp³-hybridized carbons (Fsp3) is 0.917. The lowest BCUT2D eigenvalue weighted by atomic mass is 9.84. The summed E-state index contributed by atoms with van der Waals surface area (Å²) in [5.74, 6) is 0. The van der Waals surface area contributed by atoms with E-state index in [4.69, 9.17) is 5.11 Å². The van der Waals surface area contributed by atoms with E-state index in [1.165, 1.54) is 19.4 Å². The summed E-state index contributed by atoms with van der Waals surface area (Å²) in [4.78, 5) is 2.52. The first kappa shape index (κ1) is 11.8. The Kier molecular flexibility index (Phi) is 3.80. The monoisotopic (exact) mass is 223 g/mol. The first-order valence-corrected chi connectivity index (χ1v) is 6.31. The second-order valence-corrected chi connectivity index (χ2v) is 4.98. The Balaban J connectivity index is 1.92. The summed E-state index contributed by atoms with van der Waals surface area (Å²) < 4.78 is 0. The fourth-order valence-corrected chi connectivity index (χ4v) is 2.97. The Bertz CT molecular complexity index is 276. The minimum atomic E-state index is -0.333. The third-order valence-electron chi connectivity index (χ3n) is 3.92. The summed E-state index contributed by atoms with van der Waals surface area (Å²) in [6.45, 7) is 3.20. The van der Waals surface area contributed by atoms with Crippen LogP contribution in [0.3, 0.4) is 0 Å². The molecule has 2 heterocycles. The van der Waals surface area contributed by atoms with Crippen LogP contribution in [0.4, 0.5) is 0 Å². The number of piperidine rings is 1. The van der Waals surface area contributed by atoms with Crippen molar-refractivity contribution in [1.82, 2.24) is 10.2 Å². The van der Waals surface area contributed by atoms with Crippen molar-refractivity contribution in [2.45, 2.75) is 43.7 Å². The first-order chi connectivity index (χ1) is 7.79. The number of rotatable bonds is 4. The van der Waals surface area contributed by atoms with E-state index in [2.05, 4.69) is 16.3 Å². The molecule has 0 aromatic heterocycles. The predicted molar refractivity (Wildman–Crippen MR) is 61.9 cm³/mol. The lowest BCUT2D eigenvalue weighted by Crippen LogP contribution is -2.55. The molecule has 0 radical (unpaired) electrons. The molecule has 2 saturated heterocycles. The van der Waals surface area contributed by atoms with Crippen molar-refractivity contribution in [2.75, 3.05) is 26.2 Å². The molecule has 0 bridgehead atoms. The molecule has 0 aromatic carbocycles. The Labute approximate surface area is 97.2 Å². The first-order valence-electron chi connectivity index (χ1n) is 6.31. The second-order valence-electron chi connectivity index (χ2n) is 4.98. The van der Waals surface area contributed by atoms with Gasteiger partial charge in [-0.15, -0.1) is 0 Å². The number of aliphatic hydroxyl groups excluding tert-OH is 1. The molecule has 0 saturated carbocycles. The molecule has 4 heteroatoms. The molecule has 4 nitrogen and oxygen atoms in total. The third kappa shape index (κ3) is 2.37. The van der Waals surface area contributed by atoms with Crippen LogP contribution < -0.4 is 5.32 Å². The van der Waals surface area contributed by atoms with Crippen LogP contribution in [0.15, 0.2) is 0 Å². The Morgan fingerprint density at radius 2 is 2.38 bits per heavy atom. The lowest BCUT2D eigenvalue weighted by molar-refractivity contribution is 0.135. The molecule has 2 fully saturated rings. The fourth-order valence-electron chi connectivity index (χ4n) is 2.97. The minimum absolute atomic E-state index is 0.198. The van der Waals surface area contributed by atoms with Crippen molar-refractivity contribution in [3.63, 3.8) is 0 Å². The van der Waals surface area contributed by atoms with Gasteiger partial charge in [-0.3, -0.25) is 5.32 Å². The number of nitrogens with zero attached hydrogens (tertiary/aromatic N) is 2. The van der Waals surface area contributed by atoms with Crippen molar-refractivity contribution in [3.8, 4) is 6.07 Å². The topological polar surface area (TPSA) is 59.3 Å². The van der Waals surface area contributed by atoms with Crippen molar-refractivity contribution in [3.05, 3.63) is 0 Å². The number of hydrogen-bond acceptors (Lipinski definition) is 4. The third-order valence-corrected chi connectivity index (χ3v) is 3.92. The molecule has 2 aliphatic heterocycles. The van der Waals surface area contributed by atoms with Gasteiger partial charge in [0.25, 0.3) is 0 Å². The zero-order valence-electron chi connectivity index (χ0n) is 9.78. The van der Waals surface area contributed by atoms with Crippen molar-refractivity contribution < 1.29 is 5.11 Å². The van der Waals surface area contributed by atoms with Crippen LogP contribution in [-0.4, -0.2) is 47.8 Å². The van der Waals surface area contributed by atoms with Gasteiger partial charge in [-0.1, -0.05) is 0 Å². The van der Waals surface area contributed by atoms with Gasteiger partial charge in [0.1, 0.15) is 5.54 Å². The Hall–Kier alpha value is -0.630. The maximum atomic E-state index is 9.37. The van der Waals surface area contributed by atoms with E-state index >= 15 is 0 Å². The zero-order valence-corrected chi connectivity index (χ0v) is 9.78. The van der Waals surface area contributed by atoms with E-state index in [1.807, 2.05) is 0 Å². The maximum Gasteiger partial charge on any atom is 0.109 e. The van der Waals surface area contributed by atoms with Gasteiger partial charge in [0.15, 0.2) is 0 Å². The molecule has 2 aliphatic rings. The van der Waals surface area contributed by atoms with Crippen LogP contribution in [0.2, 0.25) is 0 Å². The largest absolute Gasteiger partial charge is 0.396 e. The molecule has 2 unspecified atom stereocenters. The highest BCUT2D eigenvalue weighted by molar-refractivity contribution is 5.12. The van der Waals surface area contributed by atoms with Crippen LogP contribution >= 0.6 is 0 Å². The Morgan fingerprint density at radius 1 is 1.50 bits per heavy atom. The van der Waals surface area contributed by atoms with Gasteiger partial charge in [-0.2, -0.15) is 5.26 Å². The number of nitrogens with one attached hydrogen (secondary N) is 1. The smallest absolute Gasteiger partial charge is 0.109 e. The van der Waals surface area contributed by atoms with Crippen molar-refractivity contribution in [1.29, 1.82) is 5.26 Å². The van der Waals surface area contributed by atoms with Gasteiger partial charge in [0.2, 0.25) is 0 Å².